The van der Waals surface area contributed by atoms with Gasteiger partial charge in [-0.1, -0.05) is 11.6 Å². The van der Waals surface area contributed by atoms with Crippen molar-refractivity contribution in [1.29, 1.82) is 5.26 Å². The van der Waals surface area contributed by atoms with Crippen molar-refractivity contribution in [2.24, 2.45) is 0 Å². The zero-order chi connectivity index (χ0) is 14.2. The van der Waals surface area contributed by atoms with Crippen LogP contribution in [0.4, 0.5) is 5.69 Å². The highest BCUT2D eigenvalue weighted by atomic mass is 15.1. The van der Waals surface area contributed by atoms with Crippen molar-refractivity contribution in [2.45, 2.75) is 27.2 Å². The zero-order valence-electron chi connectivity index (χ0n) is 12.3. The smallest absolute Gasteiger partial charge is 0.0998 e. The second-order valence-electron chi connectivity index (χ2n) is 5.42. The lowest BCUT2D eigenvalue weighted by Crippen LogP contribution is -2.09. The molecular formula is C17H20N2. The topological polar surface area (TPSA) is 27.0 Å². The molecule has 98 valence electrons. The third kappa shape index (κ3) is 2.29. The molecule has 1 aromatic carbocycles. The molecule has 0 atom stereocenters. The summed E-state index contributed by atoms with van der Waals surface area (Å²) in [5.74, 6) is 0. The summed E-state index contributed by atoms with van der Waals surface area (Å²) in [5, 5.41) is 9.40. The molecule has 0 radical (unpaired) electrons. The molecule has 0 aromatic heterocycles. The minimum atomic E-state index is 0.767. The summed E-state index contributed by atoms with van der Waals surface area (Å²) < 4.78 is 0. The molecule has 0 aliphatic heterocycles. The molecule has 0 N–H and O–H groups in total. The molecule has 0 saturated heterocycles. The van der Waals surface area contributed by atoms with Crippen LogP contribution in [0.3, 0.4) is 0 Å². The van der Waals surface area contributed by atoms with E-state index in [1.807, 2.05) is 25.1 Å². The number of nitrogens with zero attached hydrogens (tertiary/aromatic N) is 2. The molecular weight excluding hydrogens is 232 g/mol. The van der Waals surface area contributed by atoms with Gasteiger partial charge in [0.05, 0.1) is 11.6 Å². The molecule has 0 fully saturated rings. The van der Waals surface area contributed by atoms with Gasteiger partial charge in [0.25, 0.3) is 0 Å². The first-order valence-electron chi connectivity index (χ1n) is 6.54. The molecule has 19 heavy (non-hydrogen) atoms. The molecule has 2 rings (SSSR count). The van der Waals surface area contributed by atoms with Gasteiger partial charge < -0.3 is 4.90 Å². The van der Waals surface area contributed by atoms with E-state index in [0.29, 0.717) is 0 Å². The molecule has 0 heterocycles. The third-order valence-electron chi connectivity index (χ3n) is 4.06. The van der Waals surface area contributed by atoms with Gasteiger partial charge in [-0.3, -0.25) is 0 Å². The summed E-state index contributed by atoms with van der Waals surface area (Å²) in [5.41, 5.74) is 8.33. The second-order valence-corrected chi connectivity index (χ2v) is 5.42. The predicted molar refractivity (Wildman–Crippen MR) is 81.1 cm³/mol. The van der Waals surface area contributed by atoms with Crippen LogP contribution in [0.2, 0.25) is 0 Å². The van der Waals surface area contributed by atoms with Gasteiger partial charge in [-0.05, 0) is 61.6 Å². The Balaban J connectivity index is 2.52. The van der Waals surface area contributed by atoms with Crippen LogP contribution in [0.1, 0.15) is 38.3 Å². The fraction of sp³-hybridized carbons (Fsp3) is 0.353. The lowest BCUT2D eigenvalue weighted by atomic mass is 9.95. The van der Waals surface area contributed by atoms with E-state index < -0.39 is 0 Å². The Kier molecular flexibility index (Phi) is 3.48. The number of rotatable bonds is 2. The van der Waals surface area contributed by atoms with E-state index in [2.05, 4.69) is 39.0 Å². The van der Waals surface area contributed by atoms with Crippen LogP contribution in [0.25, 0.3) is 5.57 Å². The molecule has 0 amide bonds. The Morgan fingerprint density at radius 2 is 1.79 bits per heavy atom. The summed E-state index contributed by atoms with van der Waals surface area (Å²) in [4.78, 5) is 2.02. The number of nitriles is 1. The first-order chi connectivity index (χ1) is 8.95. The highest BCUT2D eigenvalue weighted by Crippen LogP contribution is 2.39. The van der Waals surface area contributed by atoms with Crippen molar-refractivity contribution in [3.63, 3.8) is 0 Å². The minimum Gasteiger partial charge on any atom is -0.378 e. The van der Waals surface area contributed by atoms with Crippen molar-refractivity contribution in [1.82, 2.24) is 0 Å². The number of hydrogen-bond acceptors (Lipinski definition) is 2. The Bertz CT molecular complexity index is 625. The Labute approximate surface area is 115 Å². The standard InChI is InChI=1S/C17H20N2/c1-11-8-17(13(3)12(11)2)16-7-6-15(19(4)5)9-14(16)10-18/h6-7,9H,8H2,1-5H3. The van der Waals surface area contributed by atoms with Crippen molar-refractivity contribution in [2.75, 3.05) is 19.0 Å². The molecule has 1 aliphatic rings. The Hall–Kier alpha value is -2.01. The van der Waals surface area contributed by atoms with Gasteiger partial charge in [-0.25, -0.2) is 0 Å². The molecule has 2 nitrogen and oxygen atoms in total. The molecule has 0 saturated carbocycles. The van der Waals surface area contributed by atoms with Crippen LogP contribution in [0.15, 0.2) is 34.9 Å². The first-order valence-corrected chi connectivity index (χ1v) is 6.54. The van der Waals surface area contributed by atoms with Crippen molar-refractivity contribution < 1.29 is 0 Å². The lowest BCUT2D eigenvalue weighted by molar-refractivity contribution is 1.13. The van der Waals surface area contributed by atoms with Crippen molar-refractivity contribution in [3.8, 4) is 6.07 Å². The average Bonchev–Trinajstić information content (AvgIpc) is 2.65. The SMILES string of the molecule is CC1=C(C)C(C)=C(c2ccc(N(C)C)cc2C#N)C1. The number of anilines is 1. The average molecular weight is 252 g/mol. The van der Waals surface area contributed by atoms with Gasteiger partial charge in [0.1, 0.15) is 0 Å². The maximum atomic E-state index is 9.40. The second kappa shape index (κ2) is 4.93. The normalized spacial score (nSPS) is 14.9. The van der Waals surface area contributed by atoms with Crippen LogP contribution in [-0.2, 0) is 0 Å². The number of allylic oxidation sites excluding steroid dienone is 4. The van der Waals surface area contributed by atoms with E-state index in [4.69, 9.17) is 0 Å². The largest absolute Gasteiger partial charge is 0.378 e. The Morgan fingerprint density at radius 3 is 2.26 bits per heavy atom. The summed E-state index contributed by atoms with van der Waals surface area (Å²) in [6.07, 6.45) is 0.966. The molecule has 1 aliphatic carbocycles. The third-order valence-corrected chi connectivity index (χ3v) is 4.06. The van der Waals surface area contributed by atoms with Gasteiger partial charge in [-0.2, -0.15) is 5.26 Å². The minimum absolute atomic E-state index is 0.767. The Morgan fingerprint density at radius 1 is 1.11 bits per heavy atom. The van der Waals surface area contributed by atoms with E-state index in [-0.39, 0.29) is 0 Å². The van der Waals surface area contributed by atoms with Gasteiger partial charge in [0.15, 0.2) is 0 Å². The monoisotopic (exact) mass is 252 g/mol. The predicted octanol–water partition coefficient (Wildman–Crippen LogP) is 4.14. The van der Waals surface area contributed by atoms with Gasteiger partial charge in [0, 0.05) is 19.8 Å². The van der Waals surface area contributed by atoms with Gasteiger partial charge in [-0.15, -0.1) is 0 Å². The molecule has 0 spiro atoms. The molecule has 2 heteroatoms. The molecule has 0 unspecified atom stereocenters. The number of benzene rings is 1. The highest BCUT2D eigenvalue weighted by molar-refractivity contribution is 5.81. The van der Waals surface area contributed by atoms with Crippen LogP contribution in [0, 0.1) is 11.3 Å². The van der Waals surface area contributed by atoms with E-state index in [9.17, 15) is 5.26 Å². The highest BCUT2D eigenvalue weighted by Gasteiger charge is 2.19. The summed E-state index contributed by atoms with van der Waals surface area (Å²) in [6, 6.07) is 8.47. The lowest BCUT2D eigenvalue weighted by Gasteiger charge is -2.15. The fourth-order valence-corrected chi connectivity index (χ4v) is 2.54. The summed E-state index contributed by atoms with van der Waals surface area (Å²) >= 11 is 0. The quantitative estimate of drug-likeness (QED) is 0.791. The van der Waals surface area contributed by atoms with Crippen LogP contribution in [0.5, 0.6) is 0 Å². The summed E-state index contributed by atoms with van der Waals surface area (Å²) in [7, 11) is 3.98. The molecule has 0 bridgehead atoms. The first kappa shape index (κ1) is 13.4. The molecule has 1 aromatic rings. The van der Waals surface area contributed by atoms with Gasteiger partial charge >= 0.3 is 0 Å². The van der Waals surface area contributed by atoms with Crippen molar-refractivity contribution >= 4 is 11.3 Å². The van der Waals surface area contributed by atoms with E-state index in [1.165, 1.54) is 22.3 Å². The van der Waals surface area contributed by atoms with Gasteiger partial charge in [0.2, 0.25) is 0 Å². The van der Waals surface area contributed by atoms with Crippen LogP contribution in [-0.4, -0.2) is 14.1 Å². The number of hydrogen-bond donors (Lipinski definition) is 0. The maximum Gasteiger partial charge on any atom is 0.0998 e. The van der Waals surface area contributed by atoms with E-state index in [1.54, 1.807) is 0 Å². The van der Waals surface area contributed by atoms with Crippen LogP contribution >= 0.6 is 0 Å². The maximum absolute atomic E-state index is 9.40. The fourth-order valence-electron chi connectivity index (χ4n) is 2.54. The van der Waals surface area contributed by atoms with E-state index in [0.717, 1.165) is 23.2 Å². The summed E-state index contributed by atoms with van der Waals surface area (Å²) in [6.45, 7) is 6.49. The van der Waals surface area contributed by atoms with Crippen LogP contribution < -0.4 is 4.90 Å². The zero-order valence-corrected chi connectivity index (χ0v) is 12.3. The van der Waals surface area contributed by atoms with E-state index >= 15 is 0 Å². The van der Waals surface area contributed by atoms with Crippen molar-refractivity contribution in [3.05, 3.63) is 46.0 Å².